The molecule has 0 saturated heterocycles. The van der Waals surface area contributed by atoms with Gasteiger partial charge in [0.1, 0.15) is 11.4 Å². The number of amides is 1. The van der Waals surface area contributed by atoms with Gasteiger partial charge in [0.15, 0.2) is 0 Å². The molecule has 0 fully saturated rings. The standard InChI is InChI=1S/C25H32N6O2S/c1-5-21(22-20(26-3)10-13-34-22)33-16-17-8-7-9-18(14-17)31-12-11-30(4)23-19(24(31)32)15-28-25(29-23)27-6-2/h7-10,13-15,21,26H,5-6,11-12,16H2,1-4H3,(H,27,28,29). The molecular weight excluding hydrogens is 448 g/mol. The molecule has 180 valence electrons. The summed E-state index contributed by atoms with van der Waals surface area (Å²) >= 11 is 1.71. The molecule has 1 aliphatic rings. The van der Waals surface area contributed by atoms with E-state index in [4.69, 9.17) is 4.74 Å². The minimum absolute atomic E-state index is 0.0227. The fraction of sp³-hybridized carbons (Fsp3) is 0.400. The number of thiophene rings is 1. The first kappa shape index (κ1) is 24.0. The normalized spacial score (nSPS) is 14.5. The second-order valence-corrected chi connectivity index (χ2v) is 9.11. The van der Waals surface area contributed by atoms with Gasteiger partial charge >= 0.3 is 0 Å². The van der Waals surface area contributed by atoms with Crippen molar-refractivity contribution in [1.29, 1.82) is 0 Å². The van der Waals surface area contributed by atoms with Gasteiger partial charge in [-0.05, 0) is 42.5 Å². The third kappa shape index (κ3) is 5.00. The summed E-state index contributed by atoms with van der Waals surface area (Å²) in [7, 11) is 3.89. The molecule has 1 aliphatic heterocycles. The number of anilines is 4. The van der Waals surface area contributed by atoms with Gasteiger partial charge < -0.3 is 25.2 Å². The van der Waals surface area contributed by atoms with Gasteiger partial charge in [0.25, 0.3) is 5.91 Å². The molecule has 1 amide bonds. The van der Waals surface area contributed by atoms with Crippen molar-refractivity contribution in [3.05, 3.63) is 57.9 Å². The summed E-state index contributed by atoms with van der Waals surface area (Å²) in [4.78, 5) is 27.4. The van der Waals surface area contributed by atoms with Crippen LogP contribution < -0.4 is 20.4 Å². The third-order valence-corrected chi connectivity index (χ3v) is 6.91. The van der Waals surface area contributed by atoms with E-state index in [0.29, 0.717) is 37.0 Å². The Labute approximate surface area is 205 Å². The van der Waals surface area contributed by atoms with E-state index in [0.717, 1.165) is 29.9 Å². The summed E-state index contributed by atoms with van der Waals surface area (Å²) < 4.78 is 6.30. The summed E-state index contributed by atoms with van der Waals surface area (Å²) in [5.41, 5.74) is 3.50. The third-order valence-electron chi connectivity index (χ3n) is 5.90. The smallest absolute Gasteiger partial charge is 0.263 e. The molecule has 3 aromatic rings. The Kier molecular flexibility index (Phi) is 7.64. The van der Waals surface area contributed by atoms with Crippen molar-refractivity contribution in [2.24, 2.45) is 0 Å². The summed E-state index contributed by atoms with van der Waals surface area (Å²) in [6, 6.07) is 10.1. The number of hydrogen-bond acceptors (Lipinski definition) is 8. The lowest BCUT2D eigenvalue weighted by molar-refractivity contribution is 0.0399. The molecule has 1 unspecified atom stereocenters. The molecule has 1 atom stereocenters. The van der Waals surface area contributed by atoms with Crippen molar-refractivity contribution in [1.82, 2.24) is 9.97 Å². The van der Waals surface area contributed by atoms with Crippen LogP contribution in [0.5, 0.6) is 0 Å². The van der Waals surface area contributed by atoms with Crippen molar-refractivity contribution in [3.8, 4) is 0 Å². The lowest BCUT2D eigenvalue weighted by Gasteiger charge is -2.22. The highest BCUT2D eigenvalue weighted by Crippen LogP contribution is 2.34. The zero-order chi connectivity index (χ0) is 24.1. The molecule has 4 rings (SSSR count). The van der Waals surface area contributed by atoms with Crippen molar-refractivity contribution >= 4 is 40.4 Å². The molecule has 0 bridgehead atoms. The fourth-order valence-corrected chi connectivity index (χ4v) is 5.11. The first-order chi connectivity index (χ1) is 16.5. The molecule has 9 heteroatoms. The monoisotopic (exact) mass is 480 g/mol. The van der Waals surface area contributed by atoms with Crippen molar-refractivity contribution in [3.63, 3.8) is 0 Å². The van der Waals surface area contributed by atoms with E-state index in [-0.39, 0.29) is 12.0 Å². The highest BCUT2D eigenvalue weighted by atomic mass is 32.1. The molecule has 0 saturated carbocycles. The van der Waals surface area contributed by atoms with E-state index >= 15 is 0 Å². The topological polar surface area (TPSA) is 82.6 Å². The maximum absolute atomic E-state index is 13.5. The number of carbonyl (C=O) groups is 1. The van der Waals surface area contributed by atoms with Gasteiger partial charge in [-0.2, -0.15) is 4.98 Å². The van der Waals surface area contributed by atoms with E-state index in [1.54, 1.807) is 22.4 Å². The molecule has 0 aliphatic carbocycles. The molecule has 3 heterocycles. The number of aromatic nitrogens is 2. The van der Waals surface area contributed by atoms with E-state index < -0.39 is 0 Å². The summed E-state index contributed by atoms with van der Waals surface area (Å²) in [6.07, 6.45) is 2.53. The van der Waals surface area contributed by atoms with Gasteiger partial charge in [-0.15, -0.1) is 11.3 Å². The van der Waals surface area contributed by atoms with Crippen LogP contribution in [0.15, 0.2) is 41.9 Å². The Morgan fingerprint density at radius 3 is 2.85 bits per heavy atom. The lowest BCUT2D eigenvalue weighted by Crippen LogP contribution is -2.33. The summed E-state index contributed by atoms with van der Waals surface area (Å²) in [5, 5.41) is 8.44. The zero-order valence-corrected chi connectivity index (χ0v) is 21.0. The minimum Gasteiger partial charge on any atom is -0.387 e. The molecule has 34 heavy (non-hydrogen) atoms. The minimum atomic E-state index is -0.0934. The Bertz CT molecular complexity index is 1130. The van der Waals surface area contributed by atoms with Crippen molar-refractivity contribution in [2.75, 3.05) is 54.2 Å². The van der Waals surface area contributed by atoms with Gasteiger partial charge in [-0.1, -0.05) is 19.1 Å². The van der Waals surface area contributed by atoms with Crippen LogP contribution in [-0.4, -0.2) is 49.6 Å². The molecule has 2 aromatic heterocycles. The van der Waals surface area contributed by atoms with Crippen LogP contribution in [-0.2, 0) is 11.3 Å². The Balaban J connectivity index is 1.53. The van der Waals surface area contributed by atoms with Gasteiger partial charge in [0.05, 0.1) is 23.3 Å². The number of hydrogen-bond donors (Lipinski definition) is 2. The number of likely N-dealkylation sites (N-methyl/N-ethyl adjacent to an activating group) is 1. The second kappa shape index (κ2) is 10.8. The number of fused-ring (bicyclic) bond motifs is 1. The zero-order valence-electron chi connectivity index (χ0n) is 20.2. The molecule has 0 spiro atoms. The van der Waals surface area contributed by atoms with Crippen LogP contribution in [0.4, 0.5) is 23.1 Å². The van der Waals surface area contributed by atoms with E-state index in [1.165, 1.54) is 4.88 Å². The van der Waals surface area contributed by atoms with E-state index in [1.807, 2.05) is 50.2 Å². The van der Waals surface area contributed by atoms with E-state index in [2.05, 4.69) is 39.0 Å². The molecule has 1 aromatic carbocycles. The molecule has 8 nitrogen and oxygen atoms in total. The summed E-state index contributed by atoms with van der Waals surface area (Å²) in [5.74, 6) is 1.09. The average Bonchev–Trinajstić information content (AvgIpc) is 3.29. The van der Waals surface area contributed by atoms with Gasteiger partial charge in [-0.3, -0.25) is 4.79 Å². The maximum atomic E-state index is 13.5. The quantitative estimate of drug-likeness (QED) is 0.456. The number of ether oxygens (including phenoxy) is 1. The van der Waals surface area contributed by atoms with Crippen LogP contribution in [0.3, 0.4) is 0 Å². The highest BCUT2D eigenvalue weighted by molar-refractivity contribution is 7.10. The van der Waals surface area contributed by atoms with Crippen molar-refractivity contribution < 1.29 is 9.53 Å². The summed E-state index contributed by atoms with van der Waals surface area (Å²) in [6.45, 7) is 6.55. The SMILES string of the molecule is CCNc1ncc2c(n1)N(C)CCN(c1cccc(COC(CC)c3sccc3NC)c1)C2=O. The largest absolute Gasteiger partial charge is 0.387 e. The van der Waals surface area contributed by atoms with Gasteiger partial charge in [0, 0.05) is 45.6 Å². The predicted octanol–water partition coefficient (Wildman–Crippen LogP) is 4.78. The van der Waals surface area contributed by atoms with Crippen LogP contribution >= 0.6 is 11.3 Å². The lowest BCUT2D eigenvalue weighted by atomic mass is 10.1. The Hall–Kier alpha value is -3.17. The average molecular weight is 481 g/mol. The van der Waals surface area contributed by atoms with Crippen LogP contribution in [0.2, 0.25) is 0 Å². The number of benzene rings is 1. The molecular formula is C25H32N6O2S. The van der Waals surface area contributed by atoms with Crippen molar-refractivity contribution in [2.45, 2.75) is 33.0 Å². The number of nitrogens with zero attached hydrogens (tertiary/aromatic N) is 4. The first-order valence-electron chi connectivity index (χ1n) is 11.6. The Morgan fingerprint density at radius 2 is 2.09 bits per heavy atom. The van der Waals surface area contributed by atoms with Gasteiger partial charge in [0.2, 0.25) is 5.95 Å². The highest BCUT2D eigenvalue weighted by Gasteiger charge is 2.28. The van der Waals surface area contributed by atoms with Crippen LogP contribution in [0, 0.1) is 0 Å². The molecule has 0 radical (unpaired) electrons. The Morgan fingerprint density at radius 1 is 1.24 bits per heavy atom. The fourth-order valence-electron chi connectivity index (χ4n) is 4.07. The van der Waals surface area contributed by atoms with E-state index in [9.17, 15) is 4.79 Å². The van der Waals surface area contributed by atoms with Crippen LogP contribution in [0.1, 0.15) is 47.2 Å². The number of rotatable bonds is 9. The van der Waals surface area contributed by atoms with Gasteiger partial charge in [-0.25, -0.2) is 4.98 Å². The maximum Gasteiger partial charge on any atom is 0.263 e. The first-order valence-corrected chi connectivity index (χ1v) is 12.5. The predicted molar refractivity (Wildman–Crippen MR) is 139 cm³/mol. The molecule has 2 N–H and O–H groups in total. The second-order valence-electron chi connectivity index (χ2n) is 8.17. The number of carbonyl (C=O) groups excluding carboxylic acids is 1. The van der Waals surface area contributed by atoms with Crippen LogP contribution in [0.25, 0.3) is 0 Å². The number of nitrogens with one attached hydrogen (secondary N) is 2.